The van der Waals surface area contributed by atoms with Crippen LogP contribution in [0.15, 0.2) is 12.1 Å². The molecule has 298 valence electrons. The van der Waals surface area contributed by atoms with Crippen LogP contribution < -0.4 is 4.74 Å². The number of benzene rings is 1. The van der Waals surface area contributed by atoms with Crippen LogP contribution in [0.1, 0.15) is 109 Å². The molecule has 12 nitrogen and oxygen atoms in total. The van der Waals surface area contributed by atoms with Gasteiger partial charge in [0.2, 0.25) is 11.8 Å². The van der Waals surface area contributed by atoms with Gasteiger partial charge in [-0.3, -0.25) is 14.5 Å². The number of carbonyl (C=O) groups is 4. The Hall–Kier alpha value is -3.32. The quantitative estimate of drug-likeness (QED) is 0.224. The molecule has 0 N–H and O–H groups in total. The smallest absolute Gasteiger partial charge is 0.457 e. The van der Waals surface area contributed by atoms with E-state index in [1.807, 2.05) is 39.8 Å². The molecule has 6 fully saturated rings. The molecule has 3 aliphatic heterocycles. The molecule has 6 atom stereocenters. The van der Waals surface area contributed by atoms with Crippen molar-refractivity contribution < 1.29 is 42.7 Å². The van der Waals surface area contributed by atoms with Crippen LogP contribution in [0.2, 0.25) is 6.32 Å². The topological polar surface area (TPSA) is 124 Å². The molecule has 0 unspecified atom stereocenters. The molecule has 1 aromatic carbocycles. The van der Waals surface area contributed by atoms with Gasteiger partial charge in [-0.25, -0.2) is 9.59 Å². The minimum atomic E-state index is -0.708. The van der Waals surface area contributed by atoms with E-state index in [2.05, 4.69) is 20.8 Å². The number of nitrogens with zero attached hydrogens (tertiary/aromatic N) is 3. The molecule has 7 rings (SSSR count). The number of hydrogen-bond acceptors (Lipinski definition) is 9. The van der Waals surface area contributed by atoms with Crippen LogP contribution in [0.5, 0.6) is 5.75 Å². The lowest BCUT2D eigenvalue weighted by atomic mass is 9.43. The summed E-state index contributed by atoms with van der Waals surface area (Å²) >= 11 is 0. The van der Waals surface area contributed by atoms with Crippen LogP contribution >= 0.6 is 0 Å². The maximum Gasteiger partial charge on any atom is 0.457 e. The van der Waals surface area contributed by atoms with Crippen molar-refractivity contribution in [2.75, 3.05) is 33.7 Å². The zero-order chi connectivity index (χ0) is 39.7. The Morgan fingerprint density at radius 2 is 1.61 bits per heavy atom. The summed E-state index contributed by atoms with van der Waals surface area (Å²) in [6.45, 7) is 20.8. The number of rotatable bonds is 9. The van der Waals surface area contributed by atoms with Crippen molar-refractivity contribution in [2.24, 2.45) is 23.2 Å². The van der Waals surface area contributed by atoms with Gasteiger partial charge < -0.3 is 33.3 Å². The molecule has 0 radical (unpaired) electrons. The average Bonchev–Trinajstić information content (AvgIpc) is 3.60. The number of likely N-dealkylation sites (tertiary alicyclic amines) is 2. The first-order valence-corrected chi connectivity index (χ1v) is 19.8. The molecule has 3 heterocycles. The summed E-state index contributed by atoms with van der Waals surface area (Å²) in [4.78, 5) is 57.7. The molecule has 3 saturated heterocycles. The maximum atomic E-state index is 13.7. The van der Waals surface area contributed by atoms with Crippen LogP contribution in [0.3, 0.4) is 0 Å². The Labute approximate surface area is 322 Å². The van der Waals surface area contributed by atoms with E-state index in [-0.39, 0.29) is 61.0 Å². The van der Waals surface area contributed by atoms with E-state index in [1.165, 1.54) is 16.2 Å². The van der Waals surface area contributed by atoms with Crippen molar-refractivity contribution in [1.29, 1.82) is 0 Å². The largest absolute Gasteiger partial charge is 0.486 e. The lowest BCUT2D eigenvalue weighted by Gasteiger charge is -2.64. The zero-order valence-corrected chi connectivity index (χ0v) is 34.6. The van der Waals surface area contributed by atoms with Crippen LogP contribution in [-0.2, 0) is 34.8 Å². The molecule has 3 amide bonds. The molecule has 13 heteroatoms. The van der Waals surface area contributed by atoms with E-state index < -0.39 is 29.3 Å². The van der Waals surface area contributed by atoms with Gasteiger partial charge >= 0.3 is 19.2 Å². The number of carbonyl (C=O) groups excluding carboxylic acids is 4. The lowest BCUT2D eigenvalue weighted by molar-refractivity contribution is -0.199. The summed E-state index contributed by atoms with van der Waals surface area (Å²) in [5.74, 6) is 0.733. The SMILES string of the molecule is Cc1c(CCB2O[C@@H]3C[C@@H]4C[C@@H](C4(C)C)[C@]3(C)O2)ccc(OC2CN(C(=O)C[C@@H]3C[C@H](C(=O)N(C)C)N(C(=O)OC(C)(C)C)C3)C2)c1C(=O)OC(C)(C)C. The van der Waals surface area contributed by atoms with Crippen molar-refractivity contribution in [3.05, 3.63) is 28.8 Å². The van der Waals surface area contributed by atoms with Crippen molar-refractivity contribution in [3.63, 3.8) is 0 Å². The zero-order valence-electron chi connectivity index (χ0n) is 34.6. The standard InChI is InChI=1S/C41H62BN3O9/c1-24-26(15-16-42-53-32-20-27-19-31(40(27,8)9)41(32,10)54-42)13-14-30(34(24)36(48)51-38(2,3)4)50-28-22-44(23-28)33(46)18-25-17-29(35(47)43(11)12)45(21-25)37(49)52-39(5,6)7/h13-14,25,27-29,31-32H,15-23H2,1-12H3/t25-,27-,29+,31-,32+,41-/m0/s1. The van der Waals surface area contributed by atoms with Crippen molar-refractivity contribution in [1.82, 2.24) is 14.7 Å². The Balaban J connectivity index is 1.07. The van der Waals surface area contributed by atoms with Gasteiger partial charge in [-0.05, 0) is 128 Å². The van der Waals surface area contributed by atoms with Gasteiger partial charge in [0.15, 0.2) is 0 Å². The van der Waals surface area contributed by atoms with Gasteiger partial charge in [0.25, 0.3) is 0 Å². The fraction of sp³-hybridized carbons (Fsp3) is 0.756. The molecule has 0 aromatic heterocycles. The fourth-order valence-corrected chi connectivity index (χ4v) is 9.43. The van der Waals surface area contributed by atoms with Crippen LogP contribution in [-0.4, -0.2) is 114 Å². The predicted molar refractivity (Wildman–Crippen MR) is 204 cm³/mol. The summed E-state index contributed by atoms with van der Waals surface area (Å²) in [6, 6.07) is 3.17. The average molecular weight is 752 g/mol. The van der Waals surface area contributed by atoms with Gasteiger partial charge in [0.1, 0.15) is 34.7 Å². The van der Waals surface area contributed by atoms with Gasteiger partial charge in [-0.1, -0.05) is 19.9 Å². The maximum absolute atomic E-state index is 13.7. The highest BCUT2D eigenvalue weighted by Gasteiger charge is 2.67. The first-order valence-electron chi connectivity index (χ1n) is 19.8. The van der Waals surface area contributed by atoms with E-state index >= 15 is 0 Å². The molecular weight excluding hydrogens is 689 g/mol. The summed E-state index contributed by atoms with van der Waals surface area (Å²) in [6.07, 6.45) is 3.46. The monoisotopic (exact) mass is 751 g/mol. The molecule has 3 saturated carbocycles. The predicted octanol–water partition coefficient (Wildman–Crippen LogP) is 5.91. The van der Waals surface area contributed by atoms with E-state index in [4.69, 9.17) is 23.5 Å². The third-order valence-electron chi connectivity index (χ3n) is 12.5. The molecule has 6 aliphatic rings. The third-order valence-corrected chi connectivity index (χ3v) is 12.5. The number of hydrogen-bond donors (Lipinski definition) is 0. The van der Waals surface area contributed by atoms with E-state index in [1.54, 1.807) is 39.8 Å². The van der Waals surface area contributed by atoms with Crippen molar-refractivity contribution >= 4 is 31.0 Å². The van der Waals surface area contributed by atoms with Gasteiger partial charge in [0.05, 0.1) is 24.8 Å². The number of ether oxygens (including phenoxy) is 3. The van der Waals surface area contributed by atoms with Gasteiger partial charge in [0, 0.05) is 27.1 Å². The van der Waals surface area contributed by atoms with Crippen LogP contribution in [0, 0.1) is 30.1 Å². The van der Waals surface area contributed by atoms with E-state index in [0.717, 1.165) is 17.5 Å². The van der Waals surface area contributed by atoms with Crippen LogP contribution in [0.4, 0.5) is 4.79 Å². The minimum Gasteiger partial charge on any atom is -0.486 e. The Morgan fingerprint density at radius 1 is 0.944 bits per heavy atom. The summed E-state index contributed by atoms with van der Waals surface area (Å²) in [7, 11) is 3.02. The second-order valence-electron chi connectivity index (χ2n) is 19.4. The number of esters is 1. The molecule has 54 heavy (non-hydrogen) atoms. The highest BCUT2D eigenvalue weighted by atomic mass is 16.7. The summed E-state index contributed by atoms with van der Waals surface area (Å²) in [5, 5.41) is 0. The van der Waals surface area contributed by atoms with Crippen LogP contribution in [0.25, 0.3) is 0 Å². The summed E-state index contributed by atoms with van der Waals surface area (Å²) in [5.41, 5.74) is 0.818. The van der Waals surface area contributed by atoms with Gasteiger partial charge in [-0.2, -0.15) is 0 Å². The van der Waals surface area contributed by atoms with Gasteiger partial charge in [-0.15, -0.1) is 0 Å². The second kappa shape index (κ2) is 14.3. The Bertz CT molecular complexity index is 1640. The van der Waals surface area contributed by atoms with Crippen molar-refractivity contribution in [3.8, 4) is 5.75 Å². The molecule has 1 aromatic rings. The Morgan fingerprint density at radius 3 is 2.22 bits per heavy atom. The molecule has 3 aliphatic carbocycles. The number of likely N-dealkylation sites (N-methyl/N-ethyl adjacent to an activating group) is 1. The third kappa shape index (κ3) is 7.99. The van der Waals surface area contributed by atoms with Crippen molar-refractivity contribution in [2.45, 2.75) is 143 Å². The normalized spacial score (nSPS) is 28.9. The fourth-order valence-electron chi connectivity index (χ4n) is 9.43. The first kappa shape index (κ1) is 40.4. The highest BCUT2D eigenvalue weighted by Crippen LogP contribution is 2.65. The number of amides is 3. The first-order chi connectivity index (χ1) is 25.0. The number of aryl methyl sites for hydroxylation is 1. The summed E-state index contributed by atoms with van der Waals surface area (Å²) < 4.78 is 31.0. The second-order valence-corrected chi connectivity index (χ2v) is 19.4. The highest BCUT2D eigenvalue weighted by molar-refractivity contribution is 6.45. The van der Waals surface area contributed by atoms with E-state index in [9.17, 15) is 19.2 Å². The minimum absolute atomic E-state index is 0.0633. The molecular formula is C41H62BN3O9. The van der Waals surface area contributed by atoms with E-state index in [0.29, 0.717) is 55.4 Å². The molecule has 2 bridgehead atoms. The Kier molecular flexibility index (Phi) is 10.7. The lowest BCUT2D eigenvalue weighted by Crippen LogP contribution is -2.65. The molecule has 0 spiro atoms.